The molecule has 1 N–H and O–H groups in total. The average Bonchev–Trinajstić information content (AvgIpc) is 2.26. The molecule has 0 aliphatic heterocycles. The van der Waals surface area contributed by atoms with E-state index < -0.39 is 10.0 Å². The van der Waals surface area contributed by atoms with Gasteiger partial charge in [0.2, 0.25) is 10.0 Å². The van der Waals surface area contributed by atoms with Crippen molar-refractivity contribution in [3.05, 3.63) is 23.5 Å². The zero-order chi connectivity index (χ0) is 12.9. The Morgan fingerprint density at radius 1 is 1.59 bits per heavy atom. The van der Waals surface area contributed by atoms with Crippen LogP contribution in [0.15, 0.2) is 23.2 Å². The Hall–Kier alpha value is -0.300. The first-order chi connectivity index (χ1) is 7.95. The maximum absolute atomic E-state index is 12.0. The zero-order valence-corrected chi connectivity index (χ0v) is 12.1. The largest absolute Gasteiger partial charge is 0.244 e. The van der Waals surface area contributed by atoms with E-state index in [1.165, 1.54) is 18.3 Å². The van der Waals surface area contributed by atoms with Crippen LogP contribution in [0.3, 0.4) is 0 Å². The molecule has 0 aliphatic rings. The number of nitrogens with zero attached hydrogens (tertiary/aromatic N) is 1. The van der Waals surface area contributed by atoms with Crippen molar-refractivity contribution in [2.45, 2.75) is 24.8 Å². The zero-order valence-electron chi connectivity index (χ0n) is 9.68. The van der Waals surface area contributed by atoms with Gasteiger partial charge in [-0.1, -0.05) is 18.5 Å². The summed E-state index contributed by atoms with van der Waals surface area (Å²) in [5.74, 6) is 1.71. The van der Waals surface area contributed by atoms with Crippen LogP contribution in [0.25, 0.3) is 0 Å². The molecule has 1 atom stereocenters. The van der Waals surface area contributed by atoms with Crippen molar-refractivity contribution < 1.29 is 8.42 Å². The molecule has 1 aromatic heterocycles. The average molecular weight is 295 g/mol. The fourth-order valence-electron chi connectivity index (χ4n) is 1.21. The Morgan fingerprint density at radius 2 is 2.29 bits per heavy atom. The molecule has 0 spiro atoms. The molecule has 96 valence electrons. The molecule has 0 fully saturated rings. The van der Waals surface area contributed by atoms with Crippen LogP contribution in [-0.2, 0) is 10.0 Å². The smallest absolute Gasteiger partial charge is 0.241 e. The third-order valence-corrected chi connectivity index (χ3v) is 4.87. The van der Waals surface area contributed by atoms with Crippen molar-refractivity contribution in [2.75, 3.05) is 11.5 Å². The first-order valence-corrected chi connectivity index (χ1v) is 8.19. The number of rotatable bonds is 6. The summed E-state index contributed by atoms with van der Waals surface area (Å²) in [6.07, 6.45) is 1.38. The SMILES string of the molecule is CCSCC(C)NS(=O)(=O)c1ccnc(Cl)c1. The molecule has 1 heterocycles. The van der Waals surface area contributed by atoms with Gasteiger partial charge in [-0.25, -0.2) is 18.1 Å². The molecule has 0 saturated heterocycles. The van der Waals surface area contributed by atoms with E-state index in [9.17, 15) is 8.42 Å². The third kappa shape index (κ3) is 4.83. The third-order valence-electron chi connectivity index (χ3n) is 1.94. The highest BCUT2D eigenvalue weighted by Gasteiger charge is 2.17. The lowest BCUT2D eigenvalue weighted by molar-refractivity contribution is 0.571. The van der Waals surface area contributed by atoms with Crippen LogP contribution in [0.2, 0.25) is 5.15 Å². The van der Waals surface area contributed by atoms with Gasteiger partial charge in [-0.3, -0.25) is 0 Å². The lowest BCUT2D eigenvalue weighted by Crippen LogP contribution is -2.34. The van der Waals surface area contributed by atoms with Crippen molar-refractivity contribution in [2.24, 2.45) is 0 Å². The summed E-state index contributed by atoms with van der Waals surface area (Å²) in [6.45, 7) is 3.87. The van der Waals surface area contributed by atoms with E-state index in [4.69, 9.17) is 11.6 Å². The van der Waals surface area contributed by atoms with E-state index in [0.717, 1.165) is 11.5 Å². The minimum absolute atomic E-state index is 0.114. The molecule has 17 heavy (non-hydrogen) atoms. The van der Waals surface area contributed by atoms with Gasteiger partial charge < -0.3 is 0 Å². The second-order valence-corrected chi connectivity index (χ2v) is 6.92. The van der Waals surface area contributed by atoms with Gasteiger partial charge in [0.1, 0.15) is 5.15 Å². The Labute approximate surface area is 111 Å². The highest BCUT2D eigenvalue weighted by atomic mass is 35.5. The number of sulfonamides is 1. The van der Waals surface area contributed by atoms with E-state index in [1.807, 2.05) is 13.8 Å². The van der Waals surface area contributed by atoms with Gasteiger partial charge in [-0.2, -0.15) is 11.8 Å². The van der Waals surface area contributed by atoms with Crippen LogP contribution in [0, 0.1) is 0 Å². The maximum Gasteiger partial charge on any atom is 0.241 e. The number of nitrogens with one attached hydrogen (secondary N) is 1. The van der Waals surface area contributed by atoms with Crippen LogP contribution >= 0.6 is 23.4 Å². The minimum atomic E-state index is -3.50. The van der Waals surface area contributed by atoms with Crippen LogP contribution < -0.4 is 4.72 Å². The molecule has 0 aromatic carbocycles. The molecular weight excluding hydrogens is 280 g/mol. The number of aromatic nitrogens is 1. The predicted molar refractivity (Wildman–Crippen MR) is 72.0 cm³/mol. The van der Waals surface area contributed by atoms with Gasteiger partial charge in [0.05, 0.1) is 4.90 Å². The lowest BCUT2D eigenvalue weighted by Gasteiger charge is -2.13. The summed E-state index contributed by atoms with van der Waals surface area (Å²) >= 11 is 7.35. The highest BCUT2D eigenvalue weighted by Crippen LogP contribution is 2.13. The first-order valence-electron chi connectivity index (χ1n) is 5.17. The maximum atomic E-state index is 12.0. The summed E-state index contributed by atoms with van der Waals surface area (Å²) in [6, 6.07) is 2.65. The Balaban J connectivity index is 2.75. The number of halogens is 1. The van der Waals surface area contributed by atoms with E-state index >= 15 is 0 Å². The number of hydrogen-bond acceptors (Lipinski definition) is 4. The summed E-state index contributed by atoms with van der Waals surface area (Å²) in [4.78, 5) is 3.90. The van der Waals surface area contributed by atoms with Crippen molar-refractivity contribution >= 4 is 33.4 Å². The summed E-state index contributed by atoms with van der Waals surface area (Å²) in [5.41, 5.74) is 0. The molecule has 0 saturated carbocycles. The number of pyridine rings is 1. The molecular formula is C10H15ClN2O2S2. The van der Waals surface area contributed by atoms with Crippen LogP contribution in [0.1, 0.15) is 13.8 Å². The lowest BCUT2D eigenvalue weighted by atomic mass is 10.4. The van der Waals surface area contributed by atoms with E-state index in [2.05, 4.69) is 9.71 Å². The Kier molecular flexibility index (Phi) is 5.72. The molecule has 7 heteroatoms. The topological polar surface area (TPSA) is 59.1 Å². The van der Waals surface area contributed by atoms with E-state index in [-0.39, 0.29) is 16.1 Å². The minimum Gasteiger partial charge on any atom is -0.244 e. The number of hydrogen-bond donors (Lipinski definition) is 1. The second-order valence-electron chi connectivity index (χ2n) is 3.50. The first kappa shape index (κ1) is 14.8. The molecule has 0 radical (unpaired) electrons. The molecule has 1 rings (SSSR count). The molecule has 0 aliphatic carbocycles. The highest BCUT2D eigenvalue weighted by molar-refractivity contribution is 7.99. The van der Waals surface area contributed by atoms with Gasteiger partial charge in [-0.05, 0) is 24.8 Å². The molecule has 0 amide bonds. The van der Waals surface area contributed by atoms with Gasteiger partial charge in [0.25, 0.3) is 0 Å². The second kappa shape index (κ2) is 6.58. The van der Waals surface area contributed by atoms with Crippen molar-refractivity contribution in [1.82, 2.24) is 9.71 Å². The Morgan fingerprint density at radius 3 is 2.88 bits per heavy atom. The summed E-state index contributed by atoms with van der Waals surface area (Å²) in [7, 11) is -3.50. The van der Waals surface area contributed by atoms with E-state index in [0.29, 0.717) is 0 Å². The fourth-order valence-corrected chi connectivity index (χ4v) is 3.49. The van der Waals surface area contributed by atoms with Crippen molar-refractivity contribution in [1.29, 1.82) is 0 Å². The van der Waals surface area contributed by atoms with Gasteiger partial charge in [0, 0.05) is 18.0 Å². The molecule has 4 nitrogen and oxygen atoms in total. The van der Waals surface area contributed by atoms with Gasteiger partial charge in [-0.15, -0.1) is 0 Å². The van der Waals surface area contributed by atoms with Crippen molar-refractivity contribution in [3.63, 3.8) is 0 Å². The molecule has 1 aromatic rings. The summed E-state index contributed by atoms with van der Waals surface area (Å²) in [5, 5.41) is 0.170. The summed E-state index contributed by atoms with van der Waals surface area (Å²) < 4.78 is 26.5. The van der Waals surface area contributed by atoms with Crippen LogP contribution in [0.4, 0.5) is 0 Å². The standard InChI is InChI=1S/C10H15ClN2O2S2/c1-3-16-7-8(2)13-17(14,15)9-4-5-12-10(11)6-9/h4-6,8,13H,3,7H2,1-2H3. The predicted octanol–water partition coefficient (Wildman–Crippen LogP) is 2.15. The normalized spacial score (nSPS) is 13.6. The number of thioether (sulfide) groups is 1. The van der Waals surface area contributed by atoms with Crippen molar-refractivity contribution in [3.8, 4) is 0 Å². The van der Waals surface area contributed by atoms with Gasteiger partial charge in [0.15, 0.2) is 0 Å². The molecule has 1 unspecified atom stereocenters. The Bertz CT molecular complexity index is 465. The van der Waals surface area contributed by atoms with Crippen LogP contribution in [0.5, 0.6) is 0 Å². The fraction of sp³-hybridized carbons (Fsp3) is 0.500. The van der Waals surface area contributed by atoms with E-state index in [1.54, 1.807) is 11.8 Å². The molecule has 0 bridgehead atoms. The van der Waals surface area contributed by atoms with Crippen LogP contribution in [-0.4, -0.2) is 30.9 Å². The quantitative estimate of drug-likeness (QED) is 0.817. The van der Waals surface area contributed by atoms with Gasteiger partial charge >= 0.3 is 0 Å². The monoisotopic (exact) mass is 294 g/mol.